The summed E-state index contributed by atoms with van der Waals surface area (Å²) >= 11 is 0. The molecule has 46 valence electrons. The zero-order valence-electron chi connectivity index (χ0n) is 5.18. The first kappa shape index (κ1) is 5.63. The van der Waals surface area contributed by atoms with E-state index >= 15 is 0 Å². The molecule has 0 spiro atoms. The number of hydrogen-bond donors (Lipinski definition) is 0. The van der Waals surface area contributed by atoms with Crippen LogP contribution < -0.4 is 0 Å². The molecule has 0 atom stereocenters. The van der Waals surface area contributed by atoms with Crippen LogP contribution in [0.5, 0.6) is 0 Å². The Bertz CT molecular complexity index is 105. The Labute approximate surface area is 49.0 Å². The van der Waals surface area contributed by atoms with Crippen LogP contribution in [-0.4, -0.2) is 6.61 Å². The van der Waals surface area contributed by atoms with E-state index in [9.17, 15) is 0 Å². The first-order valence-corrected chi connectivity index (χ1v) is 2.67. The van der Waals surface area contributed by atoms with Gasteiger partial charge in [-0.1, -0.05) is 13.8 Å². The average molecular weight is 114 g/mol. The fourth-order valence-electron chi connectivity index (χ4n) is 0.485. The molecule has 0 aromatic heterocycles. The largest absolute Gasteiger partial charge is 0.346 e. The van der Waals surface area contributed by atoms with Gasteiger partial charge in [0.2, 0.25) is 0 Å². The lowest BCUT2D eigenvalue weighted by molar-refractivity contribution is -0.271. The molecule has 2 heteroatoms. The predicted molar refractivity (Wildman–Crippen MR) is 30.0 cm³/mol. The van der Waals surface area contributed by atoms with Gasteiger partial charge < -0.3 is 4.89 Å². The van der Waals surface area contributed by atoms with Crippen LogP contribution in [-0.2, 0) is 9.78 Å². The second kappa shape index (κ2) is 1.78. The molecule has 1 heterocycles. The van der Waals surface area contributed by atoms with Crippen LogP contribution in [0, 0.1) is 5.41 Å². The highest BCUT2D eigenvalue weighted by Crippen LogP contribution is 2.20. The van der Waals surface area contributed by atoms with E-state index in [-0.39, 0.29) is 5.41 Å². The summed E-state index contributed by atoms with van der Waals surface area (Å²) in [5.74, 6) is 0. The van der Waals surface area contributed by atoms with Gasteiger partial charge in [0.1, 0.15) is 12.9 Å². The summed E-state index contributed by atoms with van der Waals surface area (Å²) in [6, 6.07) is 0. The summed E-state index contributed by atoms with van der Waals surface area (Å²) in [4.78, 5) is 9.22. The molecule has 0 fully saturated rings. The molecule has 8 heavy (non-hydrogen) atoms. The molecule has 1 aliphatic heterocycles. The lowest BCUT2D eigenvalue weighted by Crippen LogP contribution is -2.19. The van der Waals surface area contributed by atoms with E-state index in [0.717, 1.165) is 0 Å². The molecule has 0 N–H and O–H groups in total. The van der Waals surface area contributed by atoms with E-state index in [1.807, 2.05) is 6.08 Å². The first-order chi connectivity index (χ1) is 3.71. The first-order valence-electron chi connectivity index (χ1n) is 2.67. The summed E-state index contributed by atoms with van der Waals surface area (Å²) in [6.07, 6.45) is 3.56. The third-order valence-electron chi connectivity index (χ3n) is 1.07. The molecule has 1 aliphatic rings. The lowest BCUT2D eigenvalue weighted by Gasteiger charge is -2.21. The minimum Gasteiger partial charge on any atom is -0.346 e. The highest BCUT2D eigenvalue weighted by molar-refractivity contribution is 4.91. The monoisotopic (exact) mass is 114 g/mol. The molecule has 0 unspecified atom stereocenters. The molecule has 0 amide bonds. The smallest absolute Gasteiger partial charge is 0.126 e. The summed E-state index contributed by atoms with van der Waals surface area (Å²) in [7, 11) is 0. The number of hydrogen-bond acceptors (Lipinski definition) is 2. The van der Waals surface area contributed by atoms with Crippen LogP contribution in [0.25, 0.3) is 0 Å². The molecule has 0 aromatic carbocycles. The van der Waals surface area contributed by atoms with E-state index in [2.05, 4.69) is 18.7 Å². The fraction of sp³-hybridized carbons (Fsp3) is 0.667. The maximum atomic E-state index is 4.70. The minimum absolute atomic E-state index is 0.151. The average Bonchev–Trinajstić information content (AvgIpc) is 1.65. The van der Waals surface area contributed by atoms with Crippen LogP contribution in [0.4, 0.5) is 0 Å². The van der Waals surface area contributed by atoms with Crippen molar-refractivity contribution in [3.8, 4) is 0 Å². The molecule has 0 bridgehead atoms. The van der Waals surface area contributed by atoms with Crippen molar-refractivity contribution in [2.75, 3.05) is 6.61 Å². The van der Waals surface area contributed by atoms with Crippen LogP contribution in [0.2, 0.25) is 0 Å². The molecule has 0 radical (unpaired) electrons. The van der Waals surface area contributed by atoms with Gasteiger partial charge in [-0.15, -0.1) is 0 Å². The molecule has 0 aromatic rings. The van der Waals surface area contributed by atoms with Gasteiger partial charge in [0.05, 0.1) is 0 Å². The van der Waals surface area contributed by atoms with E-state index in [1.54, 1.807) is 6.26 Å². The standard InChI is InChI=1S/C6H10O2/c1-6(2)3-4-7-8-5-6/h3-4H,5H2,1-2H3. The van der Waals surface area contributed by atoms with Gasteiger partial charge >= 0.3 is 0 Å². The van der Waals surface area contributed by atoms with E-state index in [4.69, 9.17) is 4.89 Å². The summed E-state index contributed by atoms with van der Waals surface area (Å²) in [6.45, 7) is 4.82. The Balaban J connectivity index is 2.56. The van der Waals surface area contributed by atoms with Crippen molar-refractivity contribution in [1.29, 1.82) is 0 Å². The van der Waals surface area contributed by atoms with Crippen LogP contribution in [0.15, 0.2) is 12.3 Å². The maximum absolute atomic E-state index is 4.70. The Morgan fingerprint density at radius 3 is 2.50 bits per heavy atom. The van der Waals surface area contributed by atoms with Gasteiger partial charge in [0, 0.05) is 5.41 Å². The third kappa shape index (κ3) is 1.23. The Hall–Kier alpha value is -0.500. The van der Waals surface area contributed by atoms with Crippen molar-refractivity contribution in [2.24, 2.45) is 5.41 Å². The molecular weight excluding hydrogens is 104 g/mol. The Morgan fingerprint density at radius 1 is 1.50 bits per heavy atom. The minimum atomic E-state index is 0.151. The van der Waals surface area contributed by atoms with E-state index in [1.165, 1.54) is 0 Å². The van der Waals surface area contributed by atoms with Crippen molar-refractivity contribution >= 4 is 0 Å². The Kier molecular flexibility index (Phi) is 1.26. The van der Waals surface area contributed by atoms with Gasteiger partial charge in [0.25, 0.3) is 0 Å². The van der Waals surface area contributed by atoms with E-state index < -0.39 is 0 Å². The lowest BCUT2D eigenvalue weighted by atomic mass is 9.95. The van der Waals surface area contributed by atoms with Crippen LogP contribution >= 0.6 is 0 Å². The quantitative estimate of drug-likeness (QED) is 0.444. The molecule has 1 rings (SSSR count). The van der Waals surface area contributed by atoms with Crippen molar-refractivity contribution < 1.29 is 9.78 Å². The summed E-state index contributed by atoms with van der Waals surface area (Å²) in [5, 5.41) is 0. The van der Waals surface area contributed by atoms with Gasteiger partial charge in [-0.2, -0.15) is 4.89 Å². The van der Waals surface area contributed by atoms with Crippen molar-refractivity contribution in [3.05, 3.63) is 12.3 Å². The summed E-state index contributed by atoms with van der Waals surface area (Å²) < 4.78 is 0. The second-order valence-corrected chi connectivity index (χ2v) is 2.65. The van der Waals surface area contributed by atoms with Gasteiger partial charge in [0.15, 0.2) is 0 Å². The normalized spacial score (nSPS) is 24.8. The second-order valence-electron chi connectivity index (χ2n) is 2.65. The summed E-state index contributed by atoms with van der Waals surface area (Å²) in [5.41, 5.74) is 0.151. The predicted octanol–water partition coefficient (Wildman–Crippen LogP) is 1.49. The fourth-order valence-corrected chi connectivity index (χ4v) is 0.485. The van der Waals surface area contributed by atoms with Gasteiger partial charge in [-0.05, 0) is 6.08 Å². The third-order valence-corrected chi connectivity index (χ3v) is 1.07. The SMILES string of the molecule is CC1(C)C=COOC1. The maximum Gasteiger partial charge on any atom is 0.126 e. The highest BCUT2D eigenvalue weighted by atomic mass is 17.2. The zero-order valence-corrected chi connectivity index (χ0v) is 5.18. The molecule has 2 nitrogen and oxygen atoms in total. The van der Waals surface area contributed by atoms with E-state index in [0.29, 0.717) is 6.61 Å². The molecule has 0 saturated carbocycles. The van der Waals surface area contributed by atoms with Crippen LogP contribution in [0.1, 0.15) is 13.8 Å². The van der Waals surface area contributed by atoms with Crippen molar-refractivity contribution in [1.82, 2.24) is 0 Å². The molecule has 0 aliphatic carbocycles. The van der Waals surface area contributed by atoms with Crippen molar-refractivity contribution in [3.63, 3.8) is 0 Å². The van der Waals surface area contributed by atoms with Crippen LogP contribution in [0.3, 0.4) is 0 Å². The van der Waals surface area contributed by atoms with Gasteiger partial charge in [-0.3, -0.25) is 0 Å². The highest BCUT2D eigenvalue weighted by Gasteiger charge is 2.17. The van der Waals surface area contributed by atoms with Crippen molar-refractivity contribution in [2.45, 2.75) is 13.8 Å². The number of rotatable bonds is 0. The zero-order chi connectivity index (χ0) is 6.04. The Morgan fingerprint density at radius 2 is 2.25 bits per heavy atom. The molecular formula is C6H10O2. The van der Waals surface area contributed by atoms with Gasteiger partial charge in [-0.25, -0.2) is 0 Å². The topological polar surface area (TPSA) is 18.5 Å². The molecule has 0 saturated heterocycles.